The molecule has 1 amide bonds. The molecule has 1 heterocycles. The summed E-state index contributed by atoms with van der Waals surface area (Å²) in [5, 5.41) is 6.95. The monoisotopic (exact) mass is 257 g/mol. The largest absolute Gasteiger partial charge is 0.354 e. The molecule has 0 fully saturated rings. The zero-order chi connectivity index (χ0) is 12.8. The third kappa shape index (κ3) is 4.58. The van der Waals surface area contributed by atoms with E-state index < -0.39 is 0 Å². The van der Waals surface area contributed by atoms with Crippen LogP contribution in [-0.4, -0.2) is 35.5 Å². The average molecular weight is 257 g/mol. The predicted molar refractivity (Wildman–Crippen MR) is 74.4 cm³/mol. The van der Waals surface area contributed by atoms with E-state index >= 15 is 0 Å². The first kappa shape index (κ1) is 14.4. The molecule has 3 unspecified atom stereocenters. The Labute approximate surface area is 108 Å². The topological polar surface area (TPSA) is 53.5 Å². The van der Waals surface area contributed by atoms with E-state index in [0.29, 0.717) is 12.0 Å². The molecule has 3 atom stereocenters. The smallest absolute Gasteiger partial charge is 0.242 e. The number of hydrogen-bond acceptors (Lipinski definition) is 4. The Hall–Kier alpha value is -0.710. The van der Waals surface area contributed by atoms with Crippen molar-refractivity contribution in [1.82, 2.24) is 10.6 Å². The zero-order valence-corrected chi connectivity index (χ0v) is 11.9. The van der Waals surface area contributed by atoms with Crippen LogP contribution in [0, 0.1) is 5.92 Å². The molecule has 2 N–H and O–H groups in total. The van der Waals surface area contributed by atoms with Gasteiger partial charge in [-0.2, -0.15) is 0 Å². The van der Waals surface area contributed by atoms with Crippen LogP contribution in [-0.2, 0) is 4.79 Å². The minimum atomic E-state index is -0.214. The van der Waals surface area contributed by atoms with Gasteiger partial charge in [0.25, 0.3) is 0 Å². The number of aliphatic imine (C=N–C) groups is 1. The first-order valence-corrected chi connectivity index (χ1v) is 7.28. The lowest BCUT2D eigenvalue weighted by Gasteiger charge is -2.25. The van der Waals surface area contributed by atoms with Gasteiger partial charge in [0.2, 0.25) is 5.91 Å². The number of nitrogens with zero attached hydrogens (tertiary/aromatic N) is 1. The molecule has 0 spiro atoms. The molecule has 4 nitrogen and oxygen atoms in total. The fraction of sp³-hybridized carbons (Fsp3) is 0.833. The summed E-state index contributed by atoms with van der Waals surface area (Å²) in [6, 6.07) is 0.123. The molecule has 0 bridgehead atoms. The van der Waals surface area contributed by atoms with Crippen molar-refractivity contribution in [3.05, 3.63) is 0 Å². The molecule has 1 rings (SSSR count). The highest BCUT2D eigenvalue weighted by atomic mass is 32.2. The van der Waals surface area contributed by atoms with Crippen molar-refractivity contribution in [2.75, 3.05) is 12.3 Å². The molecular formula is C12H23N3OS. The van der Waals surface area contributed by atoms with Crippen LogP contribution in [0.2, 0.25) is 0 Å². The van der Waals surface area contributed by atoms with Gasteiger partial charge in [0, 0.05) is 12.3 Å². The zero-order valence-electron chi connectivity index (χ0n) is 11.1. The second kappa shape index (κ2) is 6.89. The van der Waals surface area contributed by atoms with Gasteiger partial charge in [-0.3, -0.25) is 9.79 Å². The van der Waals surface area contributed by atoms with E-state index in [1.807, 2.05) is 13.8 Å². The van der Waals surface area contributed by atoms with Gasteiger partial charge in [-0.05, 0) is 26.2 Å². The third-order valence-electron chi connectivity index (χ3n) is 2.91. The fourth-order valence-corrected chi connectivity index (χ4v) is 2.63. The highest BCUT2D eigenvalue weighted by Gasteiger charge is 2.21. The van der Waals surface area contributed by atoms with Gasteiger partial charge < -0.3 is 10.6 Å². The van der Waals surface area contributed by atoms with Crippen LogP contribution in [0.3, 0.4) is 0 Å². The lowest BCUT2D eigenvalue weighted by atomic mass is 10.1. The summed E-state index contributed by atoms with van der Waals surface area (Å²) < 4.78 is 0. The molecule has 0 saturated carbocycles. The number of hydrogen-bond donors (Lipinski definition) is 2. The average Bonchev–Trinajstić information content (AvgIpc) is 2.30. The van der Waals surface area contributed by atoms with Gasteiger partial charge >= 0.3 is 0 Å². The molecular weight excluding hydrogens is 234 g/mol. The van der Waals surface area contributed by atoms with Gasteiger partial charge in [0.15, 0.2) is 5.17 Å². The molecule has 0 aromatic carbocycles. The molecule has 0 radical (unpaired) electrons. The molecule has 1 aliphatic rings. The number of carbonyl (C=O) groups is 1. The Kier molecular flexibility index (Phi) is 5.82. The lowest BCUT2D eigenvalue weighted by Crippen LogP contribution is -2.45. The van der Waals surface area contributed by atoms with Crippen molar-refractivity contribution in [1.29, 1.82) is 0 Å². The number of amides is 1. The molecule has 0 aromatic rings. The summed E-state index contributed by atoms with van der Waals surface area (Å²) in [7, 11) is 0. The van der Waals surface area contributed by atoms with Gasteiger partial charge in [-0.1, -0.05) is 25.6 Å². The van der Waals surface area contributed by atoms with Crippen molar-refractivity contribution in [2.24, 2.45) is 10.9 Å². The quantitative estimate of drug-likeness (QED) is 0.804. The van der Waals surface area contributed by atoms with E-state index in [4.69, 9.17) is 0 Å². The number of thioether (sulfide) groups is 1. The van der Waals surface area contributed by atoms with Crippen LogP contribution in [0.25, 0.3) is 0 Å². The predicted octanol–water partition coefficient (Wildman–Crippen LogP) is 1.62. The standard InChI is InChI=1S/C12H23N3OS/c1-5-6-13-11(16)10(4)15-12-14-9(3)8(2)7-17-12/h8-10H,5-7H2,1-4H3,(H,13,16)(H,14,15). The number of carbonyl (C=O) groups excluding carboxylic acids is 1. The fourth-order valence-electron chi connectivity index (χ4n) is 1.43. The van der Waals surface area contributed by atoms with Crippen molar-refractivity contribution in [2.45, 2.75) is 46.2 Å². The molecule has 0 aliphatic carbocycles. The van der Waals surface area contributed by atoms with E-state index in [9.17, 15) is 4.79 Å². The van der Waals surface area contributed by atoms with Crippen LogP contribution >= 0.6 is 11.8 Å². The van der Waals surface area contributed by atoms with Crippen LogP contribution < -0.4 is 10.6 Å². The van der Waals surface area contributed by atoms with Gasteiger partial charge in [0.05, 0.1) is 6.04 Å². The second-order valence-electron chi connectivity index (χ2n) is 4.62. The van der Waals surface area contributed by atoms with Crippen LogP contribution in [0.5, 0.6) is 0 Å². The summed E-state index contributed by atoms with van der Waals surface area (Å²) in [6.45, 7) is 8.97. The van der Waals surface area contributed by atoms with Crippen molar-refractivity contribution >= 4 is 22.8 Å². The maximum atomic E-state index is 11.7. The second-order valence-corrected chi connectivity index (χ2v) is 5.63. The Balaban J connectivity index is 2.43. The summed E-state index contributed by atoms with van der Waals surface area (Å²) >= 11 is 1.70. The molecule has 0 saturated heterocycles. The van der Waals surface area contributed by atoms with E-state index in [1.54, 1.807) is 11.8 Å². The van der Waals surface area contributed by atoms with E-state index in [1.165, 1.54) is 0 Å². The highest BCUT2D eigenvalue weighted by molar-refractivity contribution is 8.13. The highest BCUT2D eigenvalue weighted by Crippen LogP contribution is 2.21. The summed E-state index contributed by atoms with van der Waals surface area (Å²) in [5.74, 6) is 1.72. The number of nitrogens with one attached hydrogen (secondary N) is 2. The minimum absolute atomic E-state index is 0.0430. The Bertz CT molecular complexity index is 293. The third-order valence-corrected chi connectivity index (χ3v) is 4.10. The van der Waals surface area contributed by atoms with Crippen LogP contribution in [0.1, 0.15) is 34.1 Å². The molecule has 0 aromatic heterocycles. The maximum Gasteiger partial charge on any atom is 0.242 e. The van der Waals surface area contributed by atoms with Crippen molar-refractivity contribution in [3.63, 3.8) is 0 Å². The number of amidine groups is 1. The Morgan fingerprint density at radius 3 is 2.88 bits per heavy atom. The van der Waals surface area contributed by atoms with Crippen molar-refractivity contribution < 1.29 is 4.79 Å². The van der Waals surface area contributed by atoms with Crippen LogP contribution in [0.4, 0.5) is 0 Å². The van der Waals surface area contributed by atoms with Crippen LogP contribution in [0.15, 0.2) is 4.99 Å². The Morgan fingerprint density at radius 1 is 1.59 bits per heavy atom. The minimum Gasteiger partial charge on any atom is -0.354 e. The molecule has 1 aliphatic heterocycles. The summed E-state index contributed by atoms with van der Waals surface area (Å²) in [4.78, 5) is 16.2. The first-order valence-electron chi connectivity index (χ1n) is 6.29. The molecule has 5 heteroatoms. The van der Waals surface area contributed by atoms with Gasteiger partial charge in [-0.15, -0.1) is 0 Å². The maximum absolute atomic E-state index is 11.7. The Morgan fingerprint density at radius 2 is 2.29 bits per heavy atom. The van der Waals surface area contributed by atoms with E-state index in [-0.39, 0.29) is 11.9 Å². The van der Waals surface area contributed by atoms with E-state index in [2.05, 4.69) is 29.5 Å². The SMILES string of the molecule is CCCNC(=O)C(C)NC1=NC(C)C(C)CS1. The molecule has 17 heavy (non-hydrogen) atoms. The van der Waals surface area contributed by atoms with Gasteiger partial charge in [-0.25, -0.2) is 0 Å². The lowest BCUT2D eigenvalue weighted by molar-refractivity contribution is -0.122. The molecule has 98 valence electrons. The number of rotatable bonds is 4. The summed E-state index contributed by atoms with van der Waals surface area (Å²) in [6.07, 6.45) is 0.961. The van der Waals surface area contributed by atoms with Gasteiger partial charge in [0.1, 0.15) is 6.04 Å². The normalized spacial score (nSPS) is 26.0. The summed E-state index contributed by atoms with van der Waals surface area (Å²) in [5.41, 5.74) is 0. The first-order chi connectivity index (χ1) is 8.04. The van der Waals surface area contributed by atoms with E-state index in [0.717, 1.165) is 23.9 Å². The van der Waals surface area contributed by atoms with Crippen molar-refractivity contribution in [3.8, 4) is 0 Å².